The number of benzene rings is 3. The molecule has 3 aromatic carbocycles. The Morgan fingerprint density at radius 1 is 0.455 bits per heavy atom. The molecular formula is C70H65Cl2FLiN15O28S4. The van der Waals surface area contributed by atoms with Crippen LogP contribution >= 0.6 is 68.5 Å². The van der Waals surface area contributed by atoms with E-state index in [9.17, 15) is 108 Å². The van der Waals surface area contributed by atoms with Crippen LogP contribution in [0.15, 0.2) is 213 Å². The fourth-order valence-electron chi connectivity index (χ4n) is 7.92. The number of esters is 3. The quantitative estimate of drug-likeness (QED) is 0.00597. The minimum atomic E-state index is -1.33. The van der Waals surface area contributed by atoms with Gasteiger partial charge in [-0.15, -0.1) is 0 Å². The zero-order chi connectivity index (χ0) is 90.1. The first-order valence-corrected chi connectivity index (χ1v) is 36.8. The fourth-order valence-corrected chi connectivity index (χ4v) is 11.5. The molecule has 10 aromatic rings. The van der Waals surface area contributed by atoms with Gasteiger partial charge in [-0.25, -0.2) is 48.9 Å². The van der Waals surface area contributed by atoms with E-state index >= 15 is 0 Å². The summed E-state index contributed by atoms with van der Waals surface area (Å²) in [5, 5.41) is 93.7. The smallest absolute Gasteiger partial charge is 0.870 e. The van der Waals surface area contributed by atoms with Gasteiger partial charge in [-0.3, -0.25) is 84.3 Å². The summed E-state index contributed by atoms with van der Waals surface area (Å²) in [6, 6.07) is 37.7. The molecule has 8 N–H and O–H groups in total. The number of nitro groups is 6. The number of rotatable bonds is 23. The minimum absolute atomic E-state index is 0. The largest absolute Gasteiger partial charge is 1.00 e. The van der Waals surface area contributed by atoms with Gasteiger partial charge in [0.15, 0.2) is 20.1 Å². The van der Waals surface area contributed by atoms with Gasteiger partial charge in [0.25, 0.3) is 11.8 Å². The number of nitrogens with zero attached hydrogens (tertiary/aromatic N) is 11. The Labute approximate surface area is 720 Å². The Balaban J connectivity index is 0.00000140. The molecule has 0 radical (unpaired) electrons. The van der Waals surface area contributed by atoms with E-state index in [0.717, 1.165) is 54.5 Å². The van der Waals surface area contributed by atoms with Gasteiger partial charge in [-0.05, 0) is 33.4 Å². The monoisotopic (exact) mass is 1790 g/mol. The summed E-state index contributed by atoms with van der Waals surface area (Å²) in [4.78, 5) is 182. The van der Waals surface area contributed by atoms with E-state index in [2.05, 4.69) is 54.7 Å². The molecule has 51 heteroatoms. The zero-order valence-electron chi connectivity index (χ0n) is 64.4. The average molecular weight is 1790 g/mol. The van der Waals surface area contributed by atoms with Crippen LogP contribution in [0, 0.1) is 60.7 Å². The number of methoxy groups -OCH3 is 3. The number of H-pyrrole nitrogens is 2. The Morgan fingerprint density at radius 3 is 1.02 bits per heavy atom. The summed E-state index contributed by atoms with van der Waals surface area (Å²) in [5.74, 6) is -3.50. The standard InChI is InChI=1S/C14H13N3O3S.2C14H12N2O4S.C7H6ClN3O3S.C7H5ClN2O4.C6H4N2O5.C6H5NO3.CH3F.CH4O.Li.H2O/c1-15-13(18)11-7-12(17(19)20)14(16-8-11)21-9-10-5-3-2-4-6-10;2*1-20-14(17)11-7-12(16(18)19)13(15-8-11)21-9-10-5-3-2-4-6-10;1-9-6(12)4-2-5(11(13)14)7(15-8)10-3-4;1-14-7(11)4-2-5(10(12)13)6(8)9-3-4;9-5-4(8(12)13)1-3(2-7-5)6(10)11;8-5-2-1-4(3-7-5)6(9)10;2*1-2;;/h2-8H,9H2,1H3,(H,15,18);2*2-8H,9H2,1H3;2-3H,1H3,(H,9,12);2-3H,1H3;1-2H,(H,7,9)(H,10,11);1-3H,(H,7,8)(H,9,10);1H3;2H,1H3;;1H2/q;;;;;;;;;+1;/p-1/i;;;;;;;1D;;;. The molecule has 0 saturated heterocycles. The molecule has 0 bridgehead atoms. The van der Waals surface area contributed by atoms with Crippen LogP contribution in [0.1, 0.15) is 90.6 Å². The minimum Gasteiger partial charge on any atom is -0.870 e. The molecule has 121 heavy (non-hydrogen) atoms. The van der Waals surface area contributed by atoms with E-state index in [1.807, 2.05) is 96.0 Å². The van der Waals surface area contributed by atoms with Crippen LogP contribution in [0.4, 0.5) is 38.5 Å². The van der Waals surface area contributed by atoms with Gasteiger partial charge >= 0.3 is 88.4 Å². The second-order valence-corrected chi connectivity index (χ2v) is 25.2. The van der Waals surface area contributed by atoms with Gasteiger partial charge in [0.1, 0.15) is 0 Å². The molecule has 0 atom stereocenters. The summed E-state index contributed by atoms with van der Waals surface area (Å²) in [7, 11) is 12.5. The predicted octanol–water partition coefficient (Wildman–Crippen LogP) is 8.88. The Morgan fingerprint density at radius 2 is 0.736 bits per heavy atom. The number of carboxylic acid groups (broad SMARTS) is 2. The second kappa shape index (κ2) is 57.5. The number of nitrogens with one attached hydrogen (secondary N) is 4. The van der Waals surface area contributed by atoms with E-state index in [-0.39, 0.29) is 112 Å². The van der Waals surface area contributed by atoms with Gasteiger partial charge in [0.05, 0.1) is 98.3 Å². The Hall–Kier alpha value is -13.6. The number of hydrogen-bond donors (Lipinski definition) is 7. The number of aliphatic hydroxyl groups excluding tert-OH is 1. The molecule has 43 nitrogen and oxygen atoms in total. The van der Waals surface area contributed by atoms with E-state index in [0.29, 0.717) is 39.3 Å². The van der Waals surface area contributed by atoms with E-state index in [4.69, 9.17) is 39.0 Å². The number of carbonyl (C=O) groups excluding carboxylic acids is 5. The molecule has 7 heterocycles. The molecule has 7 aromatic heterocycles. The van der Waals surface area contributed by atoms with Crippen LogP contribution in [-0.2, 0) is 31.5 Å². The van der Waals surface area contributed by atoms with Crippen molar-refractivity contribution in [2.45, 2.75) is 37.4 Å². The topological polar surface area (TPSA) is 651 Å². The van der Waals surface area contributed by atoms with Crippen molar-refractivity contribution >= 4 is 144 Å². The molecule has 10 rings (SSSR count). The maximum Gasteiger partial charge on any atom is 1.00 e. The number of carboxylic acids is 2. The number of aromatic nitrogens is 7. The maximum atomic E-state index is 11.5. The van der Waals surface area contributed by atoms with E-state index < -0.39 is 95.3 Å². The van der Waals surface area contributed by atoms with Crippen LogP contribution in [0.3, 0.4) is 0 Å². The summed E-state index contributed by atoms with van der Waals surface area (Å²) in [5.41, 5.74) is 0.0449. The third-order valence-corrected chi connectivity index (χ3v) is 17.8. The number of carbonyl (C=O) groups is 7. The van der Waals surface area contributed by atoms with Crippen molar-refractivity contribution in [1.29, 1.82) is 0 Å². The molecule has 0 unspecified atom stereocenters. The molecule has 0 fully saturated rings. The van der Waals surface area contributed by atoms with Gasteiger partial charge in [0.2, 0.25) is 10.7 Å². The molecule has 634 valence electrons. The van der Waals surface area contributed by atoms with Gasteiger partial charge in [-0.2, -0.15) is 0 Å². The Bertz CT molecular complexity index is 5070. The average Bonchev–Trinajstić information content (AvgIpc) is 0.837. The summed E-state index contributed by atoms with van der Waals surface area (Å²) in [6.07, 6.45) is 8.32. The number of thioether (sulfide) groups is 3. The first-order valence-electron chi connectivity index (χ1n) is 32.5. The van der Waals surface area contributed by atoms with Crippen LogP contribution in [-0.4, -0.2) is 177 Å². The van der Waals surface area contributed by atoms with Gasteiger partial charge < -0.3 is 55.6 Å². The van der Waals surface area contributed by atoms with Crippen LogP contribution in [0.25, 0.3) is 0 Å². The predicted molar refractivity (Wildman–Crippen MR) is 432 cm³/mol. The Kier molecular flexibility index (Phi) is 50.1. The third kappa shape index (κ3) is 36.9. The van der Waals surface area contributed by atoms with Crippen molar-refractivity contribution in [2.24, 2.45) is 0 Å². The van der Waals surface area contributed by atoms with Crippen molar-refractivity contribution in [2.75, 3.05) is 49.7 Å². The number of pyridine rings is 7. The summed E-state index contributed by atoms with van der Waals surface area (Å²) in [6.45, 7) is 0. The van der Waals surface area contributed by atoms with Gasteiger partial charge in [0, 0.05) is 135 Å². The fraction of sp³-hybridized carbons (Fsp3) is 0.143. The first-order chi connectivity index (χ1) is 57.1. The number of alkyl halides is 1. The first kappa shape index (κ1) is 105. The second-order valence-electron chi connectivity index (χ2n) is 21.0. The van der Waals surface area contributed by atoms with Crippen LogP contribution in [0.5, 0.6) is 0 Å². The molecule has 0 spiro atoms. The number of aliphatic hydroxyl groups is 1. The number of amides is 2. The van der Waals surface area contributed by atoms with Crippen molar-refractivity contribution in [1.82, 2.24) is 45.5 Å². The molecule has 0 aliphatic heterocycles. The summed E-state index contributed by atoms with van der Waals surface area (Å²) < 4.78 is 28.9. The van der Waals surface area contributed by atoms with Crippen molar-refractivity contribution in [3.63, 3.8) is 0 Å². The van der Waals surface area contributed by atoms with Crippen molar-refractivity contribution in [3.05, 3.63) is 325 Å². The molecular weight excluding hydrogens is 1720 g/mol. The van der Waals surface area contributed by atoms with E-state index in [1.165, 1.54) is 126 Å². The molecule has 2 amide bonds. The molecule has 0 aliphatic carbocycles. The van der Waals surface area contributed by atoms with Crippen molar-refractivity contribution < 1.29 is 123 Å². The number of halogens is 3. The van der Waals surface area contributed by atoms with Crippen LogP contribution in [0.2, 0.25) is 5.15 Å². The number of ether oxygens (including phenoxy) is 3. The number of aromatic carboxylic acids is 2. The molecule has 0 aliphatic rings. The normalized spacial score (nSPS) is 9.59. The van der Waals surface area contributed by atoms with E-state index in [1.54, 1.807) is 0 Å². The maximum absolute atomic E-state index is 11.5. The van der Waals surface area contributed by atoms with Crippen molar-refractivity contribution in [3.8, 4) is 0 Å². The zero-order valence-corrected chi connectivity index (χ0v) is 68.2. The molecule has 0 saturated carbocycles. The SMILES string of the molecule is CNC(=O)c1cnc(SCc2ccccc2)c([N+](=O)[O-])c1.CNC(=O)c1cnc(SCl)c([N+](=O)[O-])c1.CO.COC(=O)c1cnc(Cl)c([N+](=O)[O-])c1.COC(=O)c1cnc(SCc2ccccc2)c([N+](=O)[O-])c1.COC(=O)c1cnc(SCc2ccccc2)c([N+](=O)[O-])c1.O=C(O)c1c[nH]c(=O)c([N+](=O)[O-])c1.O=C(O)c1ccc(=O)[nH]c1.[2H]CF.[Li+].[OH-]. The van der Waals surface area contributed by atoms with Crippen LogP contribution < -0.4 is 40.6 Å². The number of aromatic amines is 2. The summed E-state index contributed by atoms with van der Waals surface area (Å²) >= 11 is 9.21. The third-order valence-electron chi connectivity index (χ3n) is 13.5. The number of hydrogen-bond acceptors (Lipinski definition) is 35. The van der Waals surface area contributed by atoms with Gasteiger partial charge in [-0.1, -0.05) is 138 Å².